The summed E-state index contributed by atoms with van der Waals surface area (Å²) in [7, 11) is 0. The van der Waals surface area contributed by atoms with Crippen molar-refractivity contribution in [2.24, 2.45) is 0 Å². The molecule has 7 heteroatoms. The number of pyridine rings is 2. The minimum Gasteiger partial charge on any atom is -0.477 e. The van der Waals surface area contributed by atoms with E-state index >= 15 is 4.39 Å². The fraction of sp³-hybridized carbons (Fsp3) is 0.391. The first-order valence-corrected chi connectivity index (χ1v) is 10.4. The standard InChI is InChI=1S/C23H24FN3O3/c1-14-20-17(15-6-7-15)11-18(23(29)30)22(28)27(20)13-19(24)21(14)26-10-4-5-16(12-26)25-8-2-3-9-25/h2-3,8-9,11,13,15-16H,4-7,10,12H2,1H3,(H,29,30). The van der Waals surface area contributed by atoms with Gasteiger partial charge in [-0.2, -0.15) is 0 Å². The fourth-order valence-corrected chi connectivity index (χ4v) is 4.88. The van der Waals surface area contributed by atoms with E-state index in [1.165, 1.54) is 16.7 Å². The third-order valence-electron chi connectivity index (χ3n) is 6.45. The molecular formula is C23H24FN3O3. The molecule has 3 aromatic rings. The molecule has 156 valence electrons. The van der Waals surface area contributed by atoms with Gasteiger partial charge in [0.05, 0.1) is 23.4 Å². The second kappa shape index (κ2) is 7.00. The van der Waals surface area contributed by atoms with Gasteiger partial charge in [-0.25, -0.2) is 9.18 Å². The summed E-state index contributed by atoms with van der Waals surface area (Å²) in [4.78, 5) is 26.4. The molecule has 6 nitrogen and oxygen atoms in total. The molecule has 0 amide bonds. The van der Waals surface area contributed by atoms with Crippen LogP contribution >= 0.6 is 0 Å². The Bertz CT molecular complexity index is 1190. The highest BCUT2D eigenvalue weighted by Gasteiger charge is 2.31. The van der Waals surface area contributed by atoms with E-state index in [-0.39, 0.29) is 17.5 Å². The van der Waals surface area contributed by atoms with Gasteiger partial charge in [-0.1, -0.05) is 0 Å². The van der Waals surface area contributed by atoms with E-state index < -0.39 is 17.3 Å². The Kier molecular flexibility index (Phi) is 4.41. The topological polar surface area (TPSA) is 67.0 Å². The Morgan fingerprint density at radius 3 is 2.60 bits per heavy atom. The second-order valence-corrected chi connectivity index (χ2v) is 8.44. The molecule has 4 heterocycles. The quantitative estimate of drug-likeness (QED) is 0.708. The number of piperidine rings is 1. The molecule has 0 aromatic carbocycles. The largest absolute Gasteiger partial charge is 0.477 e. The van der Waals surface area contributed by atoms with Crippen LogP contribution in [-0.2, 0) is 0 Å². The Hall–Kier alpha value is -3.09. The Balaban J connectivity index is 1.66. The molecule has 2 fully saturated rings. The molecule has 1 saturated carbocycles. The molecule has 1 aliphatic heterocycles. The number of aryl methyl sites for hydroxylation is 1. The third-order valence-corrected chi connectivity index (χ3v) is 6.45. The van der Waals surface area contributed by atoms with Crippen molar-refractivity contribution in [3.63, 3.8) is 0 Å². The SMILES string of the molecule is Cc1c(N2CCCC(n3cccc3)C2)c(F)cn2c(=O)c(C(=O)O)cc(C3CC3)c12. The van der Waals surface area contributed by atoms with Gasteiger partial charge in [0, 0.05) is 25.5 Å². The number of anilines is 1. The third kappa shape index (κ3) is 3.00. The smallest absolute Gasteiger partial charge is 0.341 e. The zero-order chi connectivity index (χ0) is 21.0. The normalized spacial score (nSPS) is 19.4. The predicted molar refractivity (Wildman–Crippen MR) is 112 cm³/mol. The maximum Gasteiger partial charge on any atom is 0.341 e. The molecule has 1 atom stereocenters. The number of carboxylic acids is 1. The van der Waals surface area contributed by atoms with Crippen molar-refractivity contribution in [1.29, 1.82) is 0 Å². The van der Waals surface area contributed by atoms with Crippen molar-refractivity contribution in [1.82, 2.24) is 8.97 Å². The summed E-state index contributed by atoms with van der Waals surface area (Å²) in [5, 5.41) is 9.45. The van der Waals surface area contributed by atoms with Gasteiger partial charge in [0.25, 0.3) is 5.56 Å². The first-order valence-electron chi connectivity index (χ1n) is 10.4. The molecule has 0 spiro atoms. The number of aromatic carboxylic acids is 1. The molecule has 2 aliphatic rings. The number of halogens is 1. The lowest BCUT2D eigenvalue weighted by molar-refractivity contribution is 0.0694. The summed E-state index contributed by atoms with van der Waals surface area (Å²) >= 11 is 0. The first kappa shape index (κ1) is 18.9. The zero-order valence-electron chi connectivity index (χ0n) is 16.8. The van der Waals surface area contributed by atoms with Crippen LogP contribution in [0.2, 0.25) is 0 Å². The average Bonchev–Trinajstić information content (AvgIpc) is 3.41. The number of carbonyl (C=O) groups is 1. The number of carboxylic acid groups (broad SMARTS) is 1. The van der Waals surface area contributed by atoms with Gasteiger partial charge in [0.15, 0.2) is 5.82 Å². The fourth-order valence-electron chi connectivity index (χ4n) is 4.88. The number of nitrogens with zero attached hydrogens (tertiary/aromatic N) is 3. The number of fused-ring (bicyclic) bond motifs is 1. The van der Waals surface area contributed by atoms with Crippen molar-refractivity contribution < 1.29 is 14.3 Å². The second-order valence-electron chi connectivity index (χ2n) is 8.44. The van der Waals surface area contributed by atoms with Crippen molar-refractivity contribution in [2.45, 2.75) is 44.6 Å². The Labute approximate surface area is 173 Å². The highest BCUT2D eigenvalue weighted by Crippen LogP contribution is 2.44. The van der Waals surface area contributed by atoms with Crippen LogP contribution in [0.5, 0.6) is 0 Å². The van der Waals surface area contributed by atoms with Crippen molar-refractivity contribution in [2.75, 3.05) is 18.0 Å². The molecule has 1 unspecified atom stereocenters. The number of rotatable bonds is 4. The maximum absolute atomic E-state index is 15.3. The number of aromatic nitrogens is 2. The van der Waals surface area contributed by atoms with E-state index in [0.29, 0.717) is 23.3 Å². The molecule has 0 radical (unpaired) electrons. The molecule has 1 N–H and O–H groups in total. The van der Waals surface area contributed by atoms with E-state index in [0.717, 1.165) is 37.8 Å². The molecule has 3 aromatic heterocycles. The molecular weight excluding hydrogens is 385 g/mol. The summed E-state index contributed by atoms with van der Waals surface area (Å²) in [6.45, 7) is 3.29. The summed E-state index contributed by atoms with van der Waals surface area (Å²) in [6, 6.07) is 5.76. The summed E-state index contributed by atoms with van der Waals surface area (Å²) < 4.78 is 18.7. The Morgan fingerprint density at radius 2 is 1.93 bits per heavy atom. The van der Waals surface area contributed by atoms with E-state index in [1.807, 2.05) is 31.5 Å². The Morgan fingerprint density at radius 1 is 1.20 bits per heavy atom. The van der Waals surface area contributed by atoms with Gasteiger partial charge in [0.2, 0.25) is 0 Å². The lowest BCUT2D eigenvalue weighted by Gasteiger charge is -2.36. The van der Waals surface area contributed by atoms with Crippen LogP contribution in [0.1, 0.15) is 59.1 Å². The summed E-state index contributed by atoms with van der Waals surface area (Å²) in [5.74, 6) is -1.53. The predicted octanol–water partition coefficient (Wildman–Crippen LogP) is 3.97. The minimum atomic E-state index is -1.27. The number of hydrogen-bond acceptors (Lipinski definition) is 3. The zero-order valence-corrected chi connectivity index (χ0v) is 16.8. The van der Waals surface area contributed by atoms with Crippen LogP contribution in [0, 0.1) is 12.7 Å². The van der Waals surface area contributed by atoms with Crippen LogP contribution in [0.4, 0.5) is 10.1 Å². The van der Waals surface area contributed by atoms with E-state index in [9.17, 15) is 14.7 Å². The first-order chi connectivity index (χ1) is 14.5. The van der Waals surface area contributed by atoms with Crippen LogP contribution in [0.3, 0.4) is 0 Å². The van der Waals surface area contributed by atoms with Gasteiger partial charge in [-0.05, 0) is 67.9 Å². The van der Waals surface area contributed by atoms with Crippen molar-refractivity contribution in [3.8, 4) is 0 Å². The van der Waals surface area contributed by atoms with Gasteiger partial charge in [-0.15, -0.1) is 0 Å². The molecule has 1 saturated heterocycles. The lowest BCUT2D eigenvalue weighted by Crippen LogP contribution is -2.37. The van der Waals surface area contributed by atoms with Crippen molar-refractivity contribution in [3.05, 3.63) is 69.7 Å². The summed E-state index contributed by atoms with van der Waals surface area (Å²) in [6.07, 6.45) is 9.15. The molecule has 0 bridgehead atoms. The number of hydrogen-bond donors (Lipinski definition) is 1. The summed E-state index contributed by atoms with van der Waals surface area (Å²) in [5.41, 5.74) is 1.75. The van der Waals surface area contributed by atoms with Gasteiger partial charge in [-0.3, -0.25) is 9.20 Å². The van der Waals surface area contributed by atoms with E-state index in [2.05, 4.69) is 9.47 Å². The van der Waals surface area contributed by atoms with Crippen LogP contribution < -0.4 is 10.5 Å². The van der Waals surface area contributed by atoms with Crippen LogP contribution in [-0.4, -0.2) is 33.1 Å². The van der Waals surface area contributed by atoms with Gasteiger partial charge < -0.3 is 14.6 Å². The van der Waals surface area contributed by atoms with Crippen LogP contribution in [0.15, 0.2) is 41.6 Å². The monoisotopic (exact) mass is 409 g/mol. The molecule has 30 heavy (non-hydrogen) atoms. The highest BCUT2D eigenvalue weighted by atomic mass is 19.1. The molecule has 5 rings (SSSR count). The molecule has 1 aliphatic carbocycles. The lowest BCUT2D eigenvalue weighted by atomic mass is 10.00. The van der Waals surface area contributed by atoms with Crippen LogP contribution in [0.25, 0.3) is 5.52 Å². The minimum absolute atomic E-state index is 0.227. The van der Waals surface area contributed by atoms with Gasteiger partial charge >= 0.3 is 5.97 Å². The highest BCUT2D eigenvalue weighted by molar-refractivity contribution is 5.89. The van der Waals surface area contributed by atoms with E-state index in [4.69, 9.17) is 0 Å². The average molecular weight is 409 g/mol. The maximum atomic E-state index is 15.3. The van der Waals surface area contributed by atoms with E-state index in [1.54, 1.807) is 0 Å². The van der Waals surface area contributed by atoms with Crippen molar-refractivity contribution >= 4 is 17.2 Å². The van der Waals surface area contributed by atoms with Gasteiger partial charge in [0.1, 0.15) is 5.56 Å².